The number of carbonyl (C=O) groups is 3. The average molecular weight is 811 g/mol. The highest BCUT2D eigenvalue weighted by atomic mass is 16.6. The van der Waals surface area contributed by atoms with Crippen molar-refractivity contribution in [2.24, 2.45) is 17.2 Å². The Hall–Kier alpha value is -4.58. The SMILES string of the molecule is CCCCOc1nc(N)c2[nH]c(=O)n(Cc3ccc(CN4CCC(CCNC(=O)[C@@H](CCCCNC(=O)C(C)(C)COC(C)(C)C)NC(=O)CON)CC4)cc3)c2n1. The molecular formula is C41H66N10O7. The molecule has 17 nitrogen and oxygen atoms in total. The number of likely N-dealkylation sites (tertiary alicyclic amines) is 1. The molecule has 8 N–H and O–H groups in total. The largest absolute Gasteiger partial charge is 0.463 e. The van der Waals surface area contributed by atoms with Crippen LogP contribution in [0, 0.1) is 11.3 Å². The number of hydrogen-bond donors (Lipinski definition) is 6. The normalized spacial score (nSPS) is 14.7. The highest BCUT2D eigenvalue weighted by Crippen LogP contribution is 2.23. The van der Waals surface area contributed by atoms with E-state index in [1.165, 1.54) is 5.56 Å². The van der Waals surface area contributed by atoms with Gasteiger partial charge in [-0.25, -0.2) is 10.7 Å². The zero-order chi connectivity index (χ0) is 42.3. The molecule has 0 bridgehead atoms. The van der Waals surface area contributed by atoms with Crippen LogP contribution in [0.3, 0.4) is 0 Å². The van der Waals surface area contributed by atoms with E-state index in [-0.39, 0.29) is 41.5 Å². The summed E-state index contributed by atoms with van der Waals surface area (Å²) in [6.07, 6.45) is 6.40. The summed E-state index contributed by atoms with van der Waals surface area (Å²) in [7, 11) is 0. The molecule has 4 rings (SSSR count). The Bertz CT molecular complexity index is 1830. The number of H-pyrrole nitrogens is 1. The van der Waals surface area contributed by atoms with Gasteiger partial charge >= 0.3 is 11.7 Å². The van der Waals surface area contributed by atoms with Gasteiger partial charge in [-0.3, -0.25) is 28.7 Å². The molecule has 17 heteroatoms. The van der Waals surface area contributed by atoms with E-state index in [0.717, 1.165) is 57.3 Å². The van der Waals surface area contributed by atoms with Gasteiger partial charge in [0.2, 0.25) is 17.7 Å². The van der Waals surface area contributed by atoms with Crippen LogP contribution in [0.2, 0.25) is 0 Å². The van der Waals surface area contributed by atoms with Crippen molar-refractivity contribution < 1.29 is 28.7 Å². The topological polar surface area (TPSA) is 234 Å². The number of aromatic amines is 1. The minimum Gasteiger partial charge on any atom is -0.463 e. The second kappa shape index (κ2) is 22.0. The van der Waals surface area contributed by atoms with Crippen molar-refractivity contribution in [1.82, 2.24) is 40.4 Å². The minimum atomic E-state index is -0.734. The number of carbonyl (C=O) groups excluding carboxylic acids is 3. The van der Waals surface area contributed by atoms with Crippen LogP contribution in [0.25, 0.3) is 11.2 Å². The summed E-state index contributed by atoms with van der Waals surface area (Å²) in [6.45, 7) is 16.1. The molecule has 1 fully saturated rings. The molecule has 3 heterocycles. The van der Waals surface area contributed by atoms with Crippen LogP contribution < -0.4 is 38.0 Å². The van der Waals surface area contributed by atoms with Gasteiger partial charge in [-0.05, 0) is 110 Å². The third kappa shape index (κ3) is 14.7. The number of rotatable bonds is 23. The Morgan fingerprint density at radius 3 is 2.31 bits per heavy atom. The summed E-state index contributed by atoms with van der Waals surface area (Å²) in [5.41, 5.74) is 7.74. The number of amides is 3. The summed E-state index contributed by atoms with van der Waals surface area (Å²) in [6, 6.07) is 7.67. The van der Waals surface area contributed by atoms with E-state index in [9.17, 15) is 19.2 Å². The second-order valence-electron chi connectivity index (χ2n) is 16.9. The van der Waals surface area contributed by atoms with E-state index in [1.807, 2.05) is 46.8 Å². The van der Waals surface area contributed by atoms with Crippen LogP contribution >= 0.6 is 0 Å². The number of aromatic nitrogens is 4. The summed E-state index contributed by atoms with van der Waals surface area (Å²) >= 11 is 0. The Morgan fingerprint density at radius 1 is 0.966 bits per heavy atom. The lowest BCUT2D eigenvalue weighted by Gasteiger charge is -2.32. The summed E-state index contributed by atoms with van der Waals surface area (Å²) in [5.74, 6) is 4.92. The highest BCUT2D eigenvalue weighted by molar-refractivity contribution is 5.88. The molecule has 1 aliphatic heterocycles. The van der Waals surface area contributed by atoms with E-state index in [0.29, 0.717) is 69.2 Å². The van der Waals surface area contributed by atoms with Gasteiger partial charge in [-0.1, -0.05) is 37.6 Å². The smallest absolute Gasteiger partial charge is 0.328 e. The van der Waals surface area contributed by atoms with Crippen molar-refractivity contribution in [1.29, 1.82) is 0 Å². The Morgan fingerprint density at radius 2 is 1.66 bits per heavy atom. The maximum atomic E-state index is 13.2. The summed E-state index contributed by atoms with van der Waals surface area (Å²) in [5, 5.41) is 8.71. The number of hydrogen-bond acceptors (Lipinski definition) is 12. The summed E-state index contributed by atoms with van der Waals surface area (Å²) < 4.78 is 13.0. The van der Waals surface area contributed by atoms with Crippen molar-refractivity contribution in [3.05, 3.63) is 45.9 Å². The van der Waals surface area contributed by atoms with Crippen LogP contribution in [0.5, 0.6) is 6.01 Å². The van der Waals surface area contributed by atoms with Crippen LogP contribution in [-0.2, 0) is 37.0 Å². The van der Waals surface area contributed by atoms with Crippen molar-refractivity contribution in [2.75, 3.05) is 51.7 Å². The number of anilines is 1. The van der Waals surface area contributed by atoms with Gasteiger partial charge in [0.05, 0.1) is 30.8 Å². The zero-order valence-corrected chi connectivity index (χ0v) is 35.3. The van der Waals surface area contributed by atoms with E-state index in [1.54, 1.807) is 4.57 Å². The van der Waals surface area contributed by atoms with Crippen LogP contribution in [0.4, 0.5) is 5.82 Å². The molecule has 1 aliphatic rings. The predicted octanol–water partition coefficient (Wildman–Crippen LogP) is 3.15. The van der Waals surface area contributed by atoms with Gasteiger partial charge in [0.25, 0.3) is 0 Å². The number of nitrogens with zero attached hydrogens (tertiary/aromatic N) is 4. The zero-order valence-electron chi connectivity index (χ0n) is 35.3. The first-order valence-corrected chi connectivity index (χ1v) is 20.6. The highest BCUT2D eigenvalue weighted by Gasteiger charge is 2.30. The number of piperidine rings is 1. The number of ether oxygens (including phenoxy) is 2. The predicted molar refractivity (Wildman–Crippen MR) is 223 cm³/mol. The van der Waals surface area contributed by atoms with Crippen LogP contribution in [-0.4, -0.2) is 99.8 Å². The van der Waals surface area contributed by atoms with E-state index in [2.05, 4.69) is 59.7 Å². The number of imidazole rings is 1. The quantitative estimate of drug-likeness (QED) is 0.0599. The lowest BCUT2D eigenvalue weighted by atomic mass is 9.93. The fraction of sp³-hybridized carbons (Fsp3) is 0.659. The van der Waals surface area contributed by atoms with Gasteiger partial charge in [0.1, 0.15) is 18.2 Å². The van der Waals surface area contributed by atoms with E-state index >= 15 is 0 Å². The van der Waals surface area contributed by atoms with Gasteiger partial charge in [-0.15, -0.1) is 0 Å². The van der Waals surface area contributed by atoms with Crippen LogP contribution in [0.15, 0.2) is 29.1 Å². The molecule has 2 aromatic heterocycles. The molecule has 3 amide bonds. The fourth-order valence-corrected chi connectivity index (χ4v) is 6.65. The number of nitrogen functional groups attached to an aromatic ring is 1. The van der Waals surface area contributed by atoms with Crippen molar-refractivity contribution in [3.8, 4) is 6.01 Å². The molecule has 1 aromatic carbocycles. The number of nitrogens with one attached hydrogen (secondary N) is 4. The van der Waals surface area contributed by atoms with Crippen molar-refractivity contribution in [2.45, 2.75) is 118 Å². The second-order valence-corrected chi connectivity index (χ2v) is 16.9. The molecule has 0 saturated carbocycles. The monoisotopic (exact) mass is 811 g/mol. The number of fused-ring (bicyclic) bond motifs is 1. The average Bonchev–Trinajstić information content (AvgIpc) is 3.49. The van der Waals surface area contributed by atoms with Gasteiger partial charge in [0.15, 0.2) is 11.5 Å². The van der Waals surface area contributed by atoms with Gasteiger partial charge < -0.3 is 36.1 Å². The Kier molecular flexibility index (Phi) is 17.5. The maximum Gasteiger partial charge on any atom is 0.328 e. The maximum absolute atomic E-state index is 13.2. The number of nitrogens with two attached hydrogens (primary N) is 2. The first-order chi connectivity index (χ1) is 27.6. The standard InChI is InChI=1S/C41H66N10O7/c1-7-8-23-56-38-48-34(42)33-35(49-38)51(39(55)47-33)25-30-14-12-29(13-15-30)24-50-21-17-28(18-22-50)16-20-44-36(53)31(46-32(52)26-58-43)11-9-10-19-45-37(54)41(5,6)27-57-40(2,3)4/h12-15,28,31H,7-11,16-27,43H2,1-6H3,(H,44,53)(H,45,54)(H,46,52)(H,47,55)(H2,42,48,49)/t31-/m1/s1. The van der Waals surface area contributed by atoms with Gasteiger partial charge in [-0.2, -0.15) is 9.97 Å². The molecule has 0 unspecified atom stereocenters. The summed E-state index contributed by atoms with van der Waals surface area (Å²) in [4.78, 5) is 69.3. The fourth-order valence-electron chi connectivity index (χ4n) is 6.65. The number of benzene rings is 1. The third-order valence-corrected chi connectivity index (χ3v) is 10.2. The molecule has 1 atom stereocenters. The molecule has 58 heavy (non-hydrogen) atoms. The third-order valence-electron chi connectivity index (χ3n) is 10.2. The Balaban J connectivity index is 1.18. The lowest BCUT2D eigenvalue weighted by molar-refractivity contribution is -0.136. The van der Waals surface area contributed by atoms with Gasteiger partial charge in [0, 0.05) is 19.6 Å². The molecule has 1 saturated heterocycles. The van der Waals surface area contributed by atoms with E-state index in [4.69, 9.17) is 21.1 Å². The molecule has 0 aliphatic carbocycles. The first kappa shape index (κ1) is 46.1. The molecular weight excluding hydrogens is 745 g/mol. The van der Waals surface area contributed by atoms with Crippen LogP contribution in [0.1, 0.15) is 104 Å². The Labute approximate surface area is 341 Å². The molecule has 322 valence electrons. The van der Waals surface area contributed by atoms with E-state index < -0.39 is 17.4 Å². The first-order valence-electron chi connectivity index (χ1n) is 20.6. The van der Waals surface area contributed by atoms with Crippen molar-refractivity contribution >= 4 is 34.7 Å². The van der Waals surface area contributed by atoms with Crippen molar-refractivity contribution in [3.63, 3.8) is 0 Å². The molecule has 3 aromatic rings. The molecule has 0 spiro atoms. The minimum absolute atomic E-state index is 0.0941. The molecule has 0 radical (unpaired) electrons. The number of unbranched alkanes of at least 4 members (excludes halogenated alkanes) is 2. The lowest BCUT2D eigenvalue weighted by Crippen LogP contribution is -2.48.